The number of methoxy groups -OCH3 is 1. The number of Topliss-reactive ketones (excluding diaryl/α,β-unsaturated/α-hetero) is 1. The lowest BCUT2D eigenvalue weighted by Crippen LogP contribution is -2.29. The van der Waals surface area contributed by atoms with Gasteiger partial charge < -0.3 is 14.7 Å². The summed E-state index contributed by atoms with van der Waals surface area (Å²) < 4.78 is 5.18. The Morgan fingerprint density at radius 1 is 1.13 bits per heavy atom. The molecule has 0 saturated carbocycles. The lowest BCUT2D eigenvalue weighted by molar-refractivity contribution is -0.140. The molecule has 2 aromatic carbocycles. The molecule has 0 aliphatic carbocycles. The van der Waals surface area contributed by atoms with Crippen LogP contribution in [0.1, 0.15) is 22.7 Å². The second-order valence-electron chi connectivity index (χ2n) is 7.07. The molecule has 3 aromatic rings. The van der Waals surface area contributed by atoms with E-state index in [1.54, 1.807) is 68.0 Å². The number of likely N-dealkylation sites (tertiary alicyclic amines) is 1. The number of ketones is 1. The molecule has 4 rings (SSSR count). The fourth-order valence-corrected chi connectivity index (χ4v) is 3.84. The van der Waals surface area contributed by atoms with E-state index < -0.39 is 17.7 Å². The van der Waals surface area contributed by atoms with E-state index in [0.29, 0.717) is 21.9 Å². The minimum atomic E-state index is -0.783. The van der Waals surface area contributed by atoms with Gasteiger partial charge in [0.1, 0.15) is 11.5 Å². The first-order chi connectivity index (χ1) is 15.0. The molecule has 1 aliphatic heterocycles. The van der Waals surface area contributed by atoms with Crippen LogP contribution < -0.4 is 4.74 Å². The SMILES string of the molecule is COc1ccc(CN2C(=O)C(=O)/C(=C(\O)c3cccc(Cl)c3)C2c2cccnc2)cc1. The molecular weight excluding hydrogens is 416 g/mol. The third kappa shape index (κ3) is 4.02. The first-order valence-electron chi connectivity index (χ1n) is 9.57. The maximum absolute atomic E-state index is 13.0. The van der Waals surface area contributed by atoms with Crippen LogP contribution in [0.4, 0.5) is 0 Å². The van der Waals surface area contributed by atoms with Crippen LogP contribution in [-0.2, 0) is 16.1 Å². The Labute approximate surface area is 184 Å². The van der Waals surface area contributed by atoms with Crippen LogP contribution in [0.2, 0.25) is 5.02 Å². The third-order valence-electron chi connectivity index (χ3n) is 5.15. The number of aromatic nitrogens is 1. The van der Waals surface area contributed by atoms with Gasteiger partial charge in [0, 0.05) is 29.5 Å². The van der Waals surface area contributed by atoms with Crippen LogP contribution in [-0.4, -0.2) is 33.8 Å². The second-order valence-corrected chi connectivity index (χ2v) is 7.51. The fraction of sp³-hybridized carbons (Fsp3) is 0.125. The number of benzene rings is 2. The third-order valence-corrected chi connectivity index (χ3v) is 5.39. The quantitative estimate of drug-likeness (QED) is 0.366. The maximum atomic E-state index is 13.0. The summed E-state index contributed by atoms with van der Waals surface area (Å²) in [5, 5.41) is 11.4. The Morgan fingerprint density at radius 2 is 1.90 bits per heavy atom. The van der Waals surface area contributed by atoms with Crippen LogP contribution in [0.5, 0.6) is 5.75 Å². The molecule has 1 unspecified atom stereocenters. The van der Waals surface area contributed by atoms with Crippen LogP contribution in [0.15, 0.2) is 78.6 Å². The average molecular weight is 435 g/mol. The van der Waals surface area contributed by atoms with Crippen molar-refractivity contribution >= 4 is 29.1 Å². The summed E-state index contributed by atoms with van der Waals surface area (Å²) in [5.74, 6) is -1.02. The van der Waals surface area contributed by atoms with Gasteiger partial charge in [-0.3, -0.25) is 14.6 Å². The first-order valence-corrected chi connectivity index (χ1v) is 9.94. The molecule has 31 heavy (non-hydrogen) atoms. The molecule has 1 aliphatic rings. The molecule has 1 saturated heterocycles. The zero-order valence-corrected chi connectivity index (χ0v) is 17.4. The van der Waals surface area contributed by atoms with Gasteiger partial charge in [-0.2, -0.15) is 0 Å². The summed E-state index contributed by atoms with van der Waals surface area (Å²) >= 11 is 6.06. The number of pyridine rings is 1. The molecule has 1 atom stereocenters. The van der Waals surface area contributed by atoms with Gasteiger partial charge in [0.05, 0.1) is 18.7 Å². The van der Waals surface area contributed by atoms with Crippen molar-refractivity contribution in [2.75, 3.05) is 7.11 Å². The lowest BCUT2D eigenvalue weighted by Gasteiger charge is -2.25. The van der Waals surface area contributed by atoms with Crippen molar-refractivity contribution in [3.05, 3.63) is 100 Å². The number of nitrogens with zero attached hydrogens (tertiary/aromatic N) is 2. The van der Waals surface area contributed by atoms with Crippen molar-refractivity contribution in [2.45, 2.75) is 12.6 Å². The van der Waals surface area contributed by atoms with E-state index in [0.717, 1.165) is 5.56 Å². The van der Waals surface area contributed by atoms with Crippen molar-refractivity contribution in [3.63, 3.8) is 0 Å². The van der Waals surface area contributed by atoms with E-state index in [4.69, 9.17) is 16.3 Å². The summed E-state index contributed by atoms with van der Waals surface area (Å²) in [6, 6.07) is 16.5. The summed E-state index contributed by atoms with van der Waals surface area (Å²) in [4.78, 5) is 31.6. The monoisotopic (exact) mass is 434 g/mol. The standard InChI is InChI=1S/C24H19ClN2O4/c1-31-19-9-7-15(8-10-19)14-27-21(17-5-3-11-26-13-17)20(23(29)24(27)30)22(28)16-4-2-6-18(25)12-16/h2-13,21,28H,14H2,1H3/b22-20-. The Bertz CT molecular complexity index is 1160. The van der Waals surface area contributed by atoms with Gasteiger partial charge in [-0.25, -0.2) is 0 Å². The predicted octanol–water partition coefficient (Wildman–Crippen LogP) is 4.37. The molecule has 156 valence electrons. The molecular formula is C24H19ClN2O4. The molecule has 2 heterocycles. The lowest BCUT2D eigenvalue weighted by atomic mass is 9.96. The van der Waals surface area contributed by atoms with Crippen LogP contribution in [0.3, 0.4) is 0 Å². The smallest absolute Gasteiger partial charge is 0.295 e. The summed E-state index contributed by atoms with van der Waals surface area (Å²) in [7, 11) is 1.58. The normalized spacial score (nSPS) is 17.7. The molecule has 0 bridgehead atoms. The summed E-state index contributed by atoms with van der Waals surface area (Å²) in [5.41, 5.74) is 1.82. The Hall–Kier alpha value is -3.64. The van der Waals surface area contributed by atoms with Crippen molar-refractivity contribution in [1.29, 1.82) is 0 Å². The average Bonchev–Trinajstić information content (AvgIpc) is 3.04. The van der Waals surface area contributed by atoms with Gasteiger partial charge in [0.25, 0.3) is 11.7 Å². The number of amides is 1. The number of aliphatic hydroxyl groups excluding tert-OH is 1. The van der Waals surface area contributed by atoms with Crippen molar-refractivity contribution < 1.29 is 19.4 Å². The molecule has 1 amide bonds. The number of halogens is 1. The van der Waals surface area contributed by atoms with E-state index in [1.807, 2.05) is 12.1 Å². The van der Waals surface area contributed by atoms with E-state index in [2.05, 4.69) is 4.98 Å². The highest BCUT2D eigenvalue weighted by Gasteiger charge is 2.46. The molecule has 0 spiro atoms. The first kappa shape index (κ1) is 20.6. The van der Waals surface area contributed by atoms with Crippen LogP contribution in [0, 0.1) is 0 Å². The number of ether oxygens (including phenoxy) is 1. The molecule has 0 radical (unpaired) electrons. The predicted molar refractivity (Wildman–Crippen MR) is 117 cm³/mol. The molecule has 1 aromatic heterocycles. The highest BCUT2D eigenvalue weighted by molar-refractivity contribution is 6.46. The van der Waals surface area contributed by atoms with Crippen molar-refractivity contribution in [2.24, 2.45) is 0 Å². The number of rotatable bonds is 5. The number of hydrogen-bond acceptors (Lipinski definition) is 5. The van der Waals surface area contributed by atoms with Gasteiger partial charge >= 0.3 is 0 Å². The van der Waals surface area contributed by atoms with E-state index in [1.165, 1.54) is 4.90 Å². The Balaban J connectivity index is 1.82. The fourth-order valence-electron chi connectivity index (χ4n) is 3.65. The van der Waals surface area contributed by atoms with Crippen LogP contribution in [0.25, 0.3) is 5.76 Å². The van der Waals surface area contributed by atoms with Gasteiger partial charge in [-0.05, 0) is 41.5 Å². The molecule has 7 heteroatoms. The Morgan fingerprint density at radius 3 is 2.55 bits per heavy atom. The number of carbonyl (C=O) groups is 2. The highest BCUT2D eigenvalue weighted by Crippen LogP contribution is 2.40. The van der Waals surface area contributed by atoms with Gasteiger partial charge in [0.15, 0.2) is 0 Å². The number of carbonyl (C=O) groups excluding carboxylic acids is 2. The summed E-state index contributed by atoms with van der Waals surface area (Å²) in [6.45, 7) is 0.181. The van der Waals surface area contributed by atoms with Gasteiger partial charge in [-0.1, -0.05) is 41.9 Å². The zero-order chi connectivity index (χ0) is 22.0. The minimum Gasteiger partial charge on any atom is -0.507 e. The van der Waals surface area contributed by atoms with E-state index >= 15 is 0 Å². The number of aliphatic hydroxyl groups is 1. The van der Waals surface area contributed by atoms with Gasteiger partial charge in [-0.15, -0.1) is 0 Å². The minimum absolute atomic E-state index is 0.00813. The van der Waals surface area contributed by atoms with Crippen molar-refractivity contribution in [1.82, 2.24) is 9.88 Å². The van der Waals surface area contributed by atoms with Crippen LogP contribution >= 0.6 is 11.6 Å². The van der Waals surface area contributed by atoms with E-state index in [9.17, 15) is 14.7 Å². The Kier molecular flexibility index (Phi) is 5.73. The van der Waals surface area contributed by atoms with Gasteiger partial charge in [0.2, 0.25) is 0 Å². The van der Waals surface area contributed by atoms with Crippen molar-refractivity contribution in [3.8, 4) is 5.75 Å². The topological polar surface area (TPSA) is 79.7 Å². The highest BCUT2D eigenvalue weighted by atomic mass is 35.5. The molecule has 1 fully saturated rings. The summed E-state index contributed by atoms with van der Waals surface area (Å²) in [6.07, 6.45) is 3.19. The zero-order valence-electron chi connectivity index (χ0n) is 16.7. The number of hydrogen-bond donors (Lipinski definition) is 1. The second kappa shape index (κ2) is 8.62. The van der Waals surface area contributed by atoms with E-state index in [-0.39, 0.29) is 17.9 Å². The molecule has 6 nitrogen and oxygen atoms in total. The maximum Gasteiger partial charge on any atom is 0.295 e. The largest absolute Gasteiger partial charge is 0.507 e. The molecule has 1 N–H and O–H groups in total.